The van der Waals surface area contributed by atoms with Gasteiger partial charge in [0.1, 0.15) is 0 Å². The summed E-state index contributed by atoms with van der Waals surface area (Å²) in [7, 11) is 4.10. The molecule has 0 bridgehead atoms. The Morgan fingerprint density at radius 2 is 1.57 bits per heavy atom. The second-order valence-corrected chi connectivity index (χ2v) is 4.45. The van der Waals surface area contributed by atoms with Gasteiger partial charge in [-0.1, -0.05) is 0 Å². The molecule has 0 radical (unpaired) electrons. The fraction of sp³-hybridized carbons (Fsp3) is 1.00. The first-order chi connectivity index (χ1) is 6.41. The summed E-state index contributed by atoms with van der Waals surface area (Å²) in [6.45, 7) is 9.78. The monoisotopic (exact) mass is 203 g/mol. The van der Waals surface area contributed by atoms with Gasteiger partial charge in [-0.25, -0.2) is 0 Å². The average molecular weight is 203 g/mol. The first kappa shape index (κ1) is 13.9. The van der Waals surface area contributed by atoms with E-state index >= 15 is 0 Å². The Labute approximate surface area is 88.4 Å². The SMILES string of the molecule is CC(C)OCC(CN(C)C)OC(C)C. The highest BCUT2D eigenvalue weighted by Crippen LogP contribution is 2.02. The Bertz CT molecular complexity index is 125. The fourth-order valence-corrected chi connectivity index (χ4v) is 1.23. The molecule has 0 aliphatic rings. The summed E-state index contributed by atoms with van der Waals surface area (Å²) in [5.74, 6) is 0. The fourth-order valence-electron chi connectivity index (χ4n) is 1.23. The maximum atomic E-state index is 5.74. The summed E-state index contributed by atoms with van der Waals surface area (Å²) < 4.78 is 11.3. The maximum Gasteiger partial charge on any atom is 0.0938 e. The van der Waals surface area contributed by atoms with E-state index in [0.29, 0.717) is 6.61 Å². The third-order valence-electron chi connectivity index (χ3n) is 1.65. The highest BCUT2D eigenvalue weighted by molar-refractivity contribution is 4.62. The normalized spacial score (nSPS) is 14.4. The van der Waals surface area contributed by atoms with E-state index in [1.54, 1.807) is 0 Å². The summed E-state index contributed by atoms with van der Waals surface area (Å²) in [6.07, 6.45) is 0.707. The molecule has 0 amide bonds. The summed E-state index contributed by atoms with van der Waals surface area (Å²) in [4.78, 5) is 2.12. The maximum absolute atomic E-state index is 5.74. The van der Waals surface area contributed by atoms with Crippen molar-refractivity contribution in [2.24, 2.45) is 0 Å². The Morgan fingerprint density at radius 1 is 1.00 bits per heavy atom. The summed E-state index contributed by atoms with van der Waals surface area (Å²) >= 11 is 0. The van der Waals surface area contributed by atoms with Gasteiger partial charge in [0, 0.05) is 6.54 Å². The summed E-state index contributed by atoms with van der Waals surface area (Å²) in [5.41, 5.74) is 0. The van der Waals surface area contributed by atoms with Gasteiger partial charge in [-0.15, -0.1) is 0 Å². The molecule has 3 heteroatoms. The Hall–Kier alpha value is -0.120. The largest absolute Gasteiger partial charge is 0.376 e. The molecule has 1 atom stereocenters. The van der Waals surface area contributed by atoms with Crippen molar-refractivity contribution in [3.63, 3.8) is 0 Å². The molecule has 0 saturated heterocycles. The van der Waals surface area contributed by atoms with E-state index in [4.69, 9.17) is 9.47 Å². The minimum absolute atomic E-state index is 0.174. The molecule has 14 heavy (non-hydrogen) atoms. The zero-order valence-electron chi connectivity index (χ0n) is 10.4. The lowest BCUT2D eigenvalue weighted by atomic mass is 10.3. The predicted octanol–water partition coefficient (Wildman–Crippen LogP) is 1.77. The molecule has 0 aromatic heterocycles. The minimum Gasteiger partial charge on any atom is -0.376 e. The highest BCUT2D eigenvalue weighted by Gasteiger charge is 2.13. The third kappa shape index (κ3) is 8.48. The van der Waals surface area contributed by atoms with Crippen molar-refractivity contribution in [2.45, 2.75) is 46.0 Å². The molecule has 0 fully saturated rings. The van der Waals surface area contributed by atoms with Gasteiger partial charge >= 0.3 is 0 Å². The van der Waals surface area contributed by atoms with Crippen LogP contribution in [0.3, 0.4) is 0 Å². The molecular weight excluding hydrogens is 178 g/mol. The standard InChI is InChI=1S/C11H25NO2/c1-9(2)13-8-11(7-12(5)6)14-10(3)4/h9-11H,7-8H2,1-6H3. The quantitative estimate of drug-likeness (QED) is 0.629. The Balaban J connectivity index is 3.84. The van der Waals surface area contributed by atoms with Crippen molar-refractivity contribution in [3.05, 3.63) is 0 Å². The molecule has 0 aromatic carbocycles. The van der Waals surface area contributed by atoms with Crippen LogP contribution in [0.1, 0.15) is 27.7 Å². The lowest BCUT2D eigenvalue weighted by Gasteiger charge is -2.24. The molecular formula is C11H25NO2. The van der Waals surface area contributed by atoms with Crippen LogP contribution in [0.2, 0.25) is 0 Å². The molecule has 0 rings (SSSR count). The van der Waals surface area contributed by atoms with Crippen molar-refractivity contribution >= 4 is 0 Å². The van der Waals surface area contributed by atoms with E-state index in [0.717, 1.165) is 6.54 Å². The molecule has 0 spiro atoms. The van der Waals surface area contributed by atoms with Crippen LogP contribution < -0.4 is 0 Å². The van der Waals surface area contributed by atoms with Gasteiger partial charge in [-0.05, 0) is 41.8 Å². The van der Waals surface area contributed by atoms with Crippen molar-refractivity contribution in [2.75, 3.05) is 27.2 Å². The lowest BCUT2D eigenvalue weighted by molar-refractivity contribution is -0.0659. The number of rotatable bonds is 7. The molecule has 0 aromatic rings. The van der Waals surface area contributed by atoms with Crippen LogP contribution in [-0.4, -0.2) is 50.5 Å². The van der Waals surface area contributed by atoms with Crippen LogP contribution in [0.15, 0.2) is 0 Å². The summed E-state index contributed by atoms with van der Waals surface area (Å²) in [5, 5.41) is 0. The first-order valence-corrected chi connectivity index (χ1v) is 5.33. The van der Waals surface area contributed by atoms with Gasteiger partial charge < -0.3 is 14.4 Å². The molecule has 3 nitrogen and oxygen atoms in total. The van der Waals surface area contributed by atoms with Gasteiger partial charge in [0.2, 0.25) is 0 Å². The lowest BCUT2D eigenvalue weighted by Crippen LogP contribution is -2.34. The van der Waals surface area contributed by atoms with Crippen LogP contribution in [0.5, 0.6) is 0 Å². The number of hydrogen-bond acceptors (Lipinski definition) is 3. The van der Waals surface area contributed by atoms with Gasteiger partial charge in [0.15, 0.2) is 0 Å². The average Bonchev–Trinajstić information content (AvgIpc) is 1.97. The molecule has 1 unspecified atom stereocenters. The van der Waals surface area contributed by atoms with Crippen LogP contribution in [0.25, 0.3) is 0 Å². The second kappa shape index (κ2) is 7.21. The third-order valence-corrected chi connectivity index (χ3v) is 1.65. The van der Waals surface area contributed by atoms with Gasteiger partial charge in [-0.3, -0.25) is 0 Å². The summed E-state index contributed by atoms with van der Waals surface area (Å²) in [6, 6.07) is 0. The number of hydrogen-bond donors (Lipinski definition) is 0. The molecule has 0 heterocycles. The van der Waals surface area contributed by atoms with E-state index in [-0.39, 0.29) is 18.3 Å². The van der Waals surface area contributed by atoms with Gasteiger partial charge in [-0.2, -0.15) is 0 Å². The molecule has 0 aliphatic carbocycles. The molecule has 0 aliphatic heterocycles. The number of likely N-dealkylation sites (N-methyl/N-ethyl adjacent to an activating group) is 1. The minimum atomic E-state index is 0.174. The second-order valence-electron chi connectivity index (χ2n) is 4.45. The number of ether oxygens (including phenoxy) is 2. The van der Waals surface area contributed by atoms with Crippen LogP contribution in [0, 0.1) is 0 Å². The van der Waals surface area contributed by atoms with Crippen LogP contribution >= 0.6 is 0 Å². The zero-order chi connectivity index (χ0) is 11.1. The van der Waals surface area contributed by atoms with Gasteiger partial charge in [0.05, 0.1) is 24.9 Å². The predicted molar refractivity (Wildman–Crippen MR) is 59.7 cm³/mol. The van der Waals surface area contributed by atoms with E-state index in [2.05, 4.69) is 18.7 Å². The zero-order valence-corrected chi connectivity index (χ0v) is 10.4. The van der Waals surface area contributed by atoms with Crippen LogP contribution in [-0.2, 0) is 9.47 Å². The van der Waals surface area contributed by atoms with E-state index < -0.39 is 0 Å². The highest BCUT2D eigenvalue weighted by atomic mass is 16.5. The van der Waals surface area contributed by atoms with E-state index in [1.165, 1.54) is 0 Å². The topological polar surface area (TPSA) is 21.7 Å². The van der Waals surface area contributed by atoms with Crippen molar-refractivity contribution in [1.82, 2.24) is 4.90 Å². The van der Waals surface area contributed by atoms with Gasteiger partial charge in [0.25, 0.3) is 0 Å². The van der Waals surface area contributed by atoms with Crippen LogP contribution in [0.4, 0.5) is 0 Å². The van der Waals surface area contributed by atoms with Crippen molar-refractivity contribution in [3.8, 4) is 0 Å². The Morgan fingerprint density at radius 3 is 1.93 bits per heavy atom. The van der Waals surface area contributed by atoms with E-state index in [9.17, 15) is 0 Å². The van der Waals surface area contributed by atoms with Crippen molar-refractivity contribution < 1.29 is 9.47 Å². The number of nitrogens with zero attached hydrogens (tertiary/aromatic N) is 1. The molecule has 0 saturated carbocycles. The Kier molecular flexibility index (Phi) is 7.15. The van der Waals surface area contributed by atoms with E-state index in [1.807, 2.05) is 27.9 Å². The molecule has 0 N–H and O–H groups in total. The first-order valence-electron chi connectivity index (χ1n) is 5.33. The smallest absolute Gasteiger partial charge is 0.0938 e. The molecule has 86 valence electrons. The van der Waals surface area contributed by atoms with Crippen molar-refractivity contribution in [1.29, 1.82) is 0 Å².